The molecule has 4 nitrogen and oxygen atoms in total. The van der Waals surface area contributed by atoms with Crippen molar-refractivity contribution in [2.24, 2.45) is 5.73 Å². The zero-order valence-corrected chi connectivity index (χ0v) is 11.7. The smallest absolute Gasteiger partial charge is 0.237 e. The molecule has 0 spiro atoms. The lowest BCUT2D eigenvalue weighted by molar-refractivity contribution is -0.123. The van der Waals surface area contributed by atoms with Crippen LogP contribution in [0.5, 0.6) is 5.75 Å². The van der Waals surface area contributed by atoms with E-state index in [1.54, 1.807) is 24.3 Å². The standard InChI is InChI=1S/C15H24N2O2/c1-3-5-12(4-2)17-15(19)14(16)10-11-6-8-13(18)9-7-11/h6-9,12,14,18H,3-5,10,16H2,1-2H3,(H,17,19). The maximum atomic E-state index is 12.0. The van der Waals surface area contributed by atoms with E-state index in [4.69, 9.17) is 5.73 Å². The molecule has 0 heterocycles. The van der Waals surface area contributed by atoms with Gasteiger partial charge < -0.3 is 16.2 Å². The van der Waals surface area contributed by atoms with Gasteiger partial charge >= 0.3 is 0 Å². The van der Waals surface area contributed by atoms with Crippen molar-refractivity contribution in [1.82, 2.24) is 5.32 Å². The Hall–Kier alpha value is -1.55. The van der Waals surface area contributed by atoms with Crippen LogP contribution in [0.2, 0.25) is 0 Å². The summed E-state index contributed by atoms with van der Waals surface area (Å²) in [7, 11) is 0. The first-order valence-electron chi connectivity index (χ1n) is 6.90. The van der Waals surface area contributed by atoms with Crippen molar-refractivity contribution in [3.05, 3.63) is 29.8 Å². The number of carbonyl (C=O) groups excluding carboxylic acids is 1. The van der Waals surface area contributed by atoms with Gasteiger partial charge in [0.1, 0.15) is 5.75 Å². The van der Waals surface area contributed by atoms with Crippen molar-refractivity contribution in [2.75, 3.05) is 0 Å². The van der Waals surface area contributed by atoms with Gasteiger partial charge in [0.15, 0.2) is 0 Å². The van der Waals surface area contributed by atoms with Gasteiger partial charge in [-0.15, -0.1) is 0 Å². The van der Waals surface area contributed by atoms with E-state index in [1.165, 1.54) is 0 Å². The fourth-order valence-corrected chi connectivity index (χ4v) is 2.01. The van der Waals surface area contributed by atoms with Gasteiger partial charge in [-0.2, -0.15) is 0 Å². The van der Waals surface area contributed by atoms with Gasteiger partial charge in [0.25, 0.3) is 0 Å². The molecule has 19 heavy (non-hydrogen) atoms. The Bertz CT molecular complexity index is 390. The molecular weight excluding hydrogens is 240 g/mol. The summed E-state index contributed by atoms with van der Waals surface area (Å²) in [5.41, 5.74) is 6.86. The molecule has 106 valence electrons. The Morgan fingerprint density at radius 3 is 2.47 bits per heavy atom. The van der Waals surface area contributed by atoms with E-state index in [0.29, 0.717) is 6.42 Å². The molecular formula is C15H24N2O2. The Labute approximate surface area is 115 Å². The summed E-state index contributed by atoms with van der Waals surface area (Å²) in [6.45, 7) is 4.16. The summed E-state index contributed by atoms with van der Waals surface area (Å²) >= 11 is 0. The minimum Gasteiger partial charge on any atom is -0.508 e. The van der Waals surface area contributed by atoms with Crippen molar-refractivity contribution in [2.45, 2.75) is 51.6 Å². The summed E-state index contributed by atoms with van der Waals surface area (Å²) in [6, 6.07) is 6.44. The van der Waals surface area contributed by atoms with Gasteiger partial charge in [-0.3, -0.25) is 4.79 Å². The molecule has 0 aliphatic heterocycles. The fourth-order valence-electron chi connectivity index (χ4n) is 2.01. The SMILES string of the molecule is CCCC(CC)NC(=O)C(N)Cc1ccc(O)cc1. The molecule has 2 unspecified atom stereocenters. The van der Waals surface area contributed by atoms with Gasteiger partial charge in [0, 0.05) is 6.04 Å². The molecule has 1 aromatic rings. The number of nitrogens with two attached hydrogens (primary N) is 1. The maximum absolute atomic E-state index is 12.0. The number of phenols is 1. The molecule has 4 heteroatoms. The number of aromatic hydroxyl groups is 1. The number of phenolic OH excluding ortho intramolecular Hbond substituents is 1. The zero-order chi connectivity index (χ0) is 14.3. The Balaban J connectivity index is 2.50. The lowest BCUT2D eigenvalue weighted by Gasteiger charge is -2.19. The second-order valence-electron chi connectivity index (χ2n) is 4.88. The molecule has 1 aromatic carbocycles. The Morgan fingerprint density at radius 2 is 1.95 bits per heavy atom. The van der Waals surface area contributed by atoms with Crippen LogP contribution in [0.15, 0.2) is 24.3 Å². The number of hydrogen-bond donors (Lipinski definition) is 3. The average Bonchev–Trinajstić information content (AvgIpc) is 2.40. The minimum atomic E-state index is -0.546. The van der Waals surface area contributed by atoms with E-state index in [9.17, 15) is 9.90 Å². The van der Waals surface area contributed by atoms with Crippen LogP contribution >= 0.6 is 0 Å². The first-order valence-corrected chi connectivity index (χ1v) is 6.90. The third-order valence-corrected chi connectivity index (χ3v) is 3.21. The highest BCUT2D eigenvalue weighted by Crippen LogP contribution is 2.11. The molecule has 1 amide bonds. The van der Waals surface area contributed by atoms with Crippen LogP contribution in [0.25, 0.3) is 0 Å². The second-order valence-corrected chi connectivity index (χ2v) is 4.88. The second kappa shape index (κ2) is 7.79. The van der Waals surface area contributed by atoms with Crippen molar-refractivity contribution < 1.29 is 9.90 Å². The molecule has 0 radical (unpaired) electrons. The van der Waals surface area contributed by atoms with E-state index < -0.39 is 6.04 Å². The largest absolute Gasteiger partial charge is 0.508 e. The number of amides is 1. The van der Waals surface area contributed by atoms with E-state index in [-0.39, 0.29) is 17.7 Å². The van der Waals surface area contributed by atoms with Crippen LogP contribution in [-0.2, 0) is 11.2 Å². The van der Waals surface area contributed by atoms with Crippen LogP contribution in [-0.4, -0.2) is 23.1 Å². The predicted octanol–water partition coefficient (Wildman–Crippen LogP) is 1.96. The summed E-state index contributed by atoms with van der Waals surface area (Å²) in [5, 5.41) is 12.2. The molecule has 2 atom stereocenters. The molecule has 0 fully saturated rings. The molecule has 0 saturated heterocycles. The number of hydrogen-bond acceptors (Lipinski definition) is 3. The quantitative estimate of drug-likeness (QED) is 0.704. The van der Waals surface area contributed by atoms with Crippen LogP contribution in [0.4, 0.5) is 0 Å². The summed E-state index contributed by atoms with van der Waals surface area (Å²) in [4.78, 5) is 12.0. The molecule has 1 rings (SSSR count). The third kappa shape index (κ3) is 5.30. The first-order chi connectivity index (χ1) is 9.06. The normalized spacial score (nSPS) is 13.8. The van der Waals surface area contributed by atoms with E-state index in [1.807, 2.05) is 0 Å². The topological polar surface area (TPSA) is 75.4 Å². The van der Waals surface area contributed by atoms with Crippen molar-refractivity contribution in [3.63, 3.8) is 0 Å². The highest BCUT2D eigenvalue weighted by molar-refractivity contribution is 5.82. The monoisotopic (exact) mass is 264 g/mol. The fraction of sp³-hybridized carbons (Fsp3) is 0.533. The molecule has 0 aliphatic carbocycles. The molecule has 0 bridgehead atoms. The highest BCUT2D eigenvalue weighted by Gasteiger charge is 2.17. The first kappa shape index (κ1) is 15.5. The molecule has 0 saturated carbocycles. The molecule has 0 aliphatic rings. The van der Waals surface area contributed by atoms with Crippen LogP contribution in [0, 0.1) is 0 Å². The lowest BCUT2D eigenvalue weighted by atomic mass is 10.0. The number of carbonyl (C=O) groups is 1. The van der Waals surface area contributed by atoms with Gasteiger partial charge in [-0.05, 0) is 37.0 Å². The molecule has 4 N–H and O–H groups in total. The van der Waals surface area contributed by atoms with E-state index >= 15 is 0 Å². The number of rotatable bonds is 7. The summed E-state index contributed by atoms with van der Waals surface area (Å²) < 4.78 is 0. The maximum Gasteiger partial charge on any atom is 0.237 e. The van der Waals surface area contributed by atoms with Crippen LogP contribution in [0.1, 0.15) is 38.7 Å². The van der Waals surface area contributed by atoms with Gasteiger partial charge in [0.05, 0.1) is 6.04 Å². The third-order valence-electron chi connectivity index (χ3n) is 3.21. The summed E-state index contributed by atoms with van der Waals surface area (Å²) in [6.07, 6.45) is 3.43. The van der Waals surface area contributed by atoms with E-state index in [0.717, 1.165) is 24.8 Å². The van der Waals surface area contributed by atoms with Crippen molar-refractivity contribution >= 4 is 5.91 Å². The average molecular weight is 264 g/mol. The molecule has 0 aromatic heterocycles. The van der Waals surface area contributed by atoms with Gasteiger partial charge in [-0.1, -0.05) is 32.4 Å². The predicted molar refractivity (Wildman–Crippen MR) is 76.9 cm³/mol. The van der Waals surface area contributed by atoms with Gasteiger partial charge in [0.2, 0.25) is 5.91 Å². The summed E-state index contributed by atoms with van der Waals surface area (Å²) in [5.74, 6) is 0.115. The highest BCUT2D eigenvalue weighted by atomic mass is 16.3. The van der Waals surface area contributed by atoms with Gasteiger partial charge in [-0.25, -0.2) is 0 Å². The number of benzene rings is 1. The number of nitrogens with one attached hydrogen (secondary N) is 1. The van der Waals surface area contributed by atoms with E-state index in [2.05, 4.69) is 19.2 Å². The van der Waals surface area contributed by atoms with Crippen molar-refractivity contribution in [3.8, 4) is 5.75 Å². The van der Waals surface area contributed by atoms with Crippen LogP contribution < -0.4 is 11.1 Å². The lowest BCUT2D eigenvalue weighted by Crippen LogP contribution is -2.46. The Morgan fingerprint density at radius 1 is 1.32 bits per heavy atom. The van der Waals surface area contributed by atoms with Crippen LogP contribution in [0.3, 0.4) is 0 Å². The zero-order valence-electron chi connectivity index (χ0n) is 11.7. The minimum absolute atomic E-state index is 0.103. The van der Waals surface area contributed by atoms with Crippen molar-refractivity contribution in [1.29, 1.82) is 0 Å². The Kier molecular flexibility index (Phi) is 6.36.